The second-order valence-electron chi connectivity index (χ2n) is 5.38. The average Bonchev–Trinajstić information content (AvgIpc) is 2.47. The summed E-state index contributed by atoms with van der Waals surface area (Å²) < 4.78 is 26.5. The molecule has 7 nitrogen and oxygen atoms in total. The third-order valence-corrected chi connectivity index (χ3v) is 5.94. The topological polar surface area (TPSA) is 107 Å². The number of nitrogens with zero attached hydrogens (tertiary/aromatic N) is 2. The van der Waals surface area contributed by atoms with E-state index in [1.807, 2.05) is 0 Å². The maximum atomic E-state index is 12.6. The van der Waals surface area contributed by atoms with Crippen molar-refractivity contribution in [3.63, 3.8) is 0 Å². The van der Waals surface area contributed by atoms with Crippen LogP contribution in [0.3, 0.4) is 0 Å². The predicted octanol–water partition coefficient (Wildman–Crippen LogP) is 1.20. The van der Waals surface area contributed by atoms with E-state index in [4.69, 9.17) is 5.73 Å². The Kier molecular flexibility index (Phi) is 4.60. The highest BCUT2D eigenvalue weighted by atomic mass is 32.2. The molecule has 2 rings (SSSR count). The van der Waals surface area contributed by atoms with Gasteiger partial charge in [0.1, 0.15) is 0 Å². The number of hydrogen-bond acceptors (Lipinski definition) is 5. The Labute approximate surface area is 123 Å². The van der Waals surface area contributed by atoms with Crippen LogP contribution in [0.15, 0.2) is 29.2 Å². The second-order valence-corrected chi connectivity index (χ2v) is 7.31. The zero-order valence-electron chi connectivity index (χ0n) is 11.8. The summed E-state index contributed by atoms with van der Waals surface area (Å²) in [4.78, 5) is 10.1. The highest BCUT2D eigenvalue weighted by Crippen LogP contribution is 2.27. The molecular weight excluding hydrogens is 294 g/mol. The number of nitro groups is 1. The summed E-state index contributed by atoms with van der Waals surface area (Å²) in [6, 6.07) is 4.98. The number of nitro benzene ring substituents is 1. The van der Waals surface area contributed by atoms with Crippen LogP contribution in [0.25, 0.3) is 0 Å². The summed E-state index contributed by atoms with van der Waals surface area (Å²) in [5.41, 5.74) is 5.57. The Morgan fingerprint density at radius 2 is 2.00 bits per heavy atom. The van der Waals surface area contributed by atoms with E-state index in [1.54, 1.807) is 0 Å². The van der Waals surface area contributed by atoms with Crippen LogP contribution in [0.4, 0.5) is 5.69 Å². The van der Waals surface area contributed by atoms with E-state index in [2.05, 4.69) is 6.92 Å². The summed E-state index contributed by atoms with van der Waals surface area (Å²) in [7, 11) is -3.62. The van der Waals surface area contributed by atoms with E-state index >= 15 is 0 Å². The molecule has 116 valence electrons. The SMILES string of the molecule is CC1CCN(S(=O)(=O)c2ccc([N+](=O)[O-])cc2)CC1CN. The van der Waals surface area contributed by atoms with Crippen molar-refractivity contribution in [1.29, 1.82) is 0 Å². The summed E-state index contributed by atoms with van der Waals surface area (Å²) in [5, 5.41) is 10.6. The van der Waals surface area contributed by atoms with Crippen molar-refractivity contribution in [1.82, 2.24) is 4.31 Å². The normalized spacial score (nSPS) is 23.9. The Morgan fingerprint density at radius 3 is 2.52 bits per heavy atom. The van der Waals surface area contributed by atoms with Crippen LogP contribution in [0.2, 0.25) is 0 Å². The van der Waals surface area contributed by atoms with Crippen LogP contribution in [-0.4, -0.2) is 37.3 Å². The van der Waals surface area contributed by atoms with Crippen LogP contribution in [0, 0.1) is 22.0 Å². The lowest BCUT2D eigenvalue weighted by Gasteiger charge is -2.35. The largest absolute Gasteiger partial charge is 0.330 e. The molecule has 1 aliphatic heterocycles. The Morgan fingerprint density at radius 1 is 1.38 bits per heavy atom. The quantitative estimate of drug-likeness (QED) is 0.664. The molecule has 0 saturated carbocycles. The fourth-order valence-electron chi connectivity index (χ4n) is 2.53. The molecular formula is C13H19N3O4S. The Hall–Kier alpha value is -1.51. The first-order valence-electron chi connectivity index (χ1n) is 6.81. The van der Waals surface area contributed by atoms with Gasteiger partial charge in [-0.1, -0.05) is 6.92 Å². The van der Waals surface area contributed by atoms with Gasteiger partial charge in [0.15, 0.2) is 0 Å². The highest BCUT2D eigenvalue weighted by Gasteiger charge is 2.33. The van der Waals surface area contributed by atoms with Crippen LogP contribution >= 0.6 is 0 Å². The average molecular weight is 313 g/mol. The van der Waals surface area contributed by atoms with Gasteiger partial charge >= 0.3 is 0 Å². The van der Waals surface area contributed by atoms with Gasteiger partial charge in [0.05, 0.1) is 9.82 Å². The van der Waals surface area contributed by atoms with Gasteiger partial charge in [-0.3, -0.25) is 10.1 Å². The highest BCUT2D eigenvalue weighted by molar-refractivity contribution is 7.89. The molecule has 21 heavy (non-hydrogen) atoms. The molecule has 2 unspecified atom stereocenters. The summed E-state index contributed by atoms with van der Waals surface area (Å²) in [5.74, 6) is 0.546. The lowest BCUT2D eigenvalue weighted by atomic mass is 9.88. The van der Waals surface area contributed by atoms with Crippen LogP contribution < -0.4 is 5.73 Å². The zero-order chi connectivity index (χ0) is 15.6. The number of non-ortho nitro benzene ring substituents is 1. The molecule has 0 radical (unpaired) electrons. The fourth-order valence-corrected chi connectivity index (χ4v) is 4.04. The summed E-state index contributed by atoms with van der Waals surface area (Å²) >= 11 is 0. The van der Waals surface area contributed by atoms with E-state index in [1.165, 1.54) is 28.6 Å². The van der Waals surface area contributed by atoms with Gasteiger partial charge < -0.3 is 5.73 Å². The van der Waals surface area contributed by atoms with Gasteiger partial charge in [0.25, 0.3) is 5.69 Å². The first-order chi connectivity index (χ1) is 9.86. The van der Waals surface area contributed by atoms with Crippen molar-refractivity contribution in [2.24, 2.45) is 17.6 Å². The molecule has 2 N–H and O–H groups in total. The zero-order valence-corrected chi connectivity index (χ0v) is 12.6. The molecule has 1 fully saturated rings. The first kappa shape index (κ1) is 15.9. The standard InChI is InChI=1S/C13H19N3O4S/c1-10-6-7-15(9-11(10)8-14)21(19,20)13-4-2-12(3-5-13)16(17)18/h2-5,10-11H,6-9,14H2,1H3. The molecule has 1 aromatic rings. The molecule has 0 spiro atoms. The van der Waals surface area contributed by atoms with Crippen LogP contribution in [-0.2, 0) is 10.0 Å². The first-order valence-corrected chi connectivity index (χ1v) is 8.25. The van der Waals surface area contributed by atoms with Gasteiger partial charge in [-0.05, 0) is 36.9 Å². The smallest absolute Gasteiger partial charge is 0.269 e. The van der Waals surface area contributed by atoms with E-state index in [9.17, 15) is 18.5 Å². The minimum absolute atomic E-state index is 0.0819. The second kappa shape index (κ2) is 6.08. The Bertz CT molecular complexity index is 615. The number of benzene rings is 1. The van der Waals surface area contributed by atoms with Crippen molar-refractivity contribution >= 4 is 15.7 Å². The number of sulfonamides is 1. The molecule has 0 aliphatic carbocycles. The van der Waals surface area contributed by atoms with Crippen LogP contribution in [0.1, 0.15) is 13.3 Å². The van der Waals surface area contributed by atoms with E-state index in [0.29, 0.717) is 25.6 Å². The van der Waals surface area contributed by atoms with Crippen molar-refractivity contribution in [2.45, 2.75) is 18.2 Å². The summed E-state index contributed by atoms with van der Waals surface area (Å²) in [6.45, 7) is 3.38. The number of piperidine rings is 1. The third kappa shape index (κ3) is 3.22. The summed E-state index contributed by atoms with van der Waals surface area (Å²) in [6.07, 6.45) is 0.772. The van der Waals surface area contributed by atoms with E-state index < -0.39 is 14.9 Å². The monoisotopic (exact) mass is 313 g/mol. The Balaban J connectivity index is 2.23. The van der Waals surface area contributed by atoms with Crippen molar-refractivity contribution in [3.05, 3.63) is 34.4 Å². The molecule has 0 amide bonds. The maximum absolute atomic E-state index is 12.6. The van der Waals surface area contributed by atoms with Gasteiger partial charge in [0, 0.05) is 25.2 Å². The molecule has 2 atom stereocenters. The lowest BCUT2D eigenvalue weighted by molar-refractivity contribution is -0.384. The van der Waals surface area contributed by atoms with E-state index in [-0.39, 0.29) is 16.5 Å². The van der Waals surface area contributed by atoms with Crippen LogP contribution in [0.5, 0.6) is 0 Å². The number of hydrogen-bond donors (Lipinski definition) is 1. The molecule has 8 heteroatoms. The predicted molar refractivity (Wildman–Crippen MR) is 78.2 cm³/mol. The lowest BCUT2D eigenvalue weighted by Crippen LogP contribution is -2.45. The van der Waals surface area contributed by atoms with E-state index in [0.717, 1.165) is 6.42 Å². The van der Waals surface area contributed by atoms with Crippen molar-refractivity contribution in [3.8, 4) is 0 Å². The maximum Gasteiger partial charge on any atom is 0.269 e. The van der Waals surface area contributed by atoms with Gasteiger partial charge in [0.2, 0.25) is 10.0 Å². The van der Waals surface area contributed by atoms with Gasteiger partial charge in [-0.15, -0.1) is 0 Å². The molecule has 1 saturated heterocycles. The minimum atomic E-state index is -3.62. The van der Waals surface area contributed by atoms with Crippen molar-refractivity contribution in [2.75, 3.05) is 19.6 Å². The molecule has 1 heterocycles. The minimum Gasteiger partial charge on any atom is -0.330 e. The molecule has 1 aliphatic rings. The fraction of sp³-hybridized carbons (Fsp3) is 0.538. The molecule has 0 aromatic heterocycles. The number of rotatable bonds is 4. The molecule has 0 bridgehead atoms. The third-order valence-electron chi connectivity index (χ3n) is 4.06. The molecule has 1 aromatic carbocycles. The van der Waals surface area contributed by atoms with Crippen molar-refractivity contribution < 1.29 is 13.3 Å². The van der Waals surface area contributed by atoms with Gasteiger partial charge in [-0.2, -0.15) is 4.31 Å². The number of nitrogens with two attached hydrogens (primary N) is 1. The van der Waals surface area contributed by atoms with Gasteiger partial charge in [-0.25, -0.2) is 8.42 Å².